The lowest BCUT2D eigenvalue weighted by molar-refractivity contribution is -0.141. The van der Waals surface area contributed by atoms with Gasteiger partial charge in [0, 0.05) is 37.5 Å². The molecular weight excluding hydrogens is 546 g/mol. The molecule has 3 aromatic carbocycles. The maximum atomic E-state index is 13.8. The van der Waals surface area contributed by atoms with Crippen LogP contribution in [0.3, 0.4) is 0 Å². The number of amides is 2. The van der Waals surface area contributed by atoms with Gasteiger partial charge in [-0.3, -0.25) is 13.9 Å². The van der Waals surface area contributed by atoms with E-state index in [4.69, 9.17) is 11.6 Å². The lowest BCUT2D eigenvalue weighted by Gasteiger charge is -2.32. The Morgan fingerprint density at radius 2 is 1.55 bits per heavy atom. The van der Waals surface area contributed by atoms with Crippen LogP contribution in [0.1, 0.15) is 43.4 Å². The first kappa shape index (κ1) is 31.2. The van der Waals surface area contributed by atoms with E-state index in [1.807, 2.05) is 74.5 Å². The number of anilines is 1. The van der Waals surface area contributed by atoms with Crippen molar-refractivity contribution >= 4 is 39.1 Å². The largest absolute Gasteiger partial charge is 0.355 e. The predicted molar refractivity (Wildman–Crippen MR) is 162 cm³/mol. The molecule has 0 heterocycles. The van der Waals surface area contributed by atoms with Crippen molar-refractivity contribution in [2.24, 2.45) is 0 Å². The van der Waals surface area contributed by atoms with Crippen molar-refractivity contribution in [2.75, 3.05) is 23.7 Å². The van der Waals surface area contributed by atoms with Crippen molar-refractivity contribution in [2.45, 2.75) is 52.1 Å². The molecule has 214 valence electrons. The first-order valence-electron chi connectivity index (χ1n) is 13.5. The summed E-state index contributed by atoms with van der Waals surface area (Å²) in [5, 5.41) is 3.38. The molecule has 0 aliphatic carbocycles. The molecule has 0 saturated heterocycles. The van der Waals surface area contributed by atoms with E-state index in [0.717, 1.165) is 29.4 Å². The van der Waals surface area contributed by atoms with E-state index in [-0.39, 0.29) is 37.7 Å². The fourth-order valence-electron chi connectivity index (χ4n) is 4.56. The minimum Gasteiger partial charge on any atom is -0.355 e. The van der Waals surface area contributed by atoms with Gasteiger partial charge in [0.15, 0.2) is 0 Å². The summed E-state index contributed by atoms with van der Waals surface area (Å²) in [6.45, 7) is 4.60. The van der Waals surface area contributed by atoms with Crippen LogP contribution in [0.5, 0.6) is 0 Å². The topological polar surface area (TPSA) is 86.8 Å². The van der Waals surface area contributed by atoms with Crippen molar-refractivity contribution < 1.29 is 18.0 Å². The molecule has 7 nitrogen and oxygen atoms in total. The zero-order valence-electron chi connectivity index (χ0n) is 23.3. The van der Waals surface area contributed by atoms with Gasteiger partial charge in [-0.25, -0.2) is 8.42 Å². The molecule has 0 radical (unpaired) electrons. The van der Waals surface area contributed by atoms with Gasteiger partial charge in [-0.05, 0) is 54.7 Å². The Bertz CT molecular complexity index is 1360. The number of benzene rings is 3. The second kappa shape index (κ2) is 14.9. The Morgan fingerprint density at radius 1 is 0.900 bits per heavy atom. The maximum Gasteiger partial charge on any atom is 0.243 e. The number of rotatable bonds is 14. The SMILES string of the molecule is CCNC(=O)[C@@H](Cc1ccccc1)N(Cc1ccccc1Cl)C(=O)CCCN(c1ccc(CC)cc1)S(C)(=O)=O. The summed E-state index contributed by atoms with van der Waals surface area (Å²) >= 11 is 6.45. The Morgan fingerprint density at radius 3 is 2.15 bits per heavy atom. The first-order valence-corrected chi connectivity index (χ1v) is 15.8. The van der Waals surface area contributed by atoms with Crippen LogP contribution in [-0.2, 0) is 39.0 Å². The van der Waals surface area contributed by atoms with E-state index in [2.05, 4.69) is 5.32 Å². The molecular formula is C31H38ClN3O4S. The number of halogens is 1. The minimum absolute atomic E-state index is 0.0637. The third kappa shape index (κ3) is 8.83. The standard InChI is InChI=1S/C31H38ClN3O4S/c1-4-24-17-19-27(20-18-24)35(40(3,38)39)21-11-16-30(36)34(23-26-14-9-10-15-28(26)32)29(31(37)33-5-2)22-25-12-7-6-8-13-25/h6-10,12-15,17-20,29H,4-5,11,16,21-23H2,1-3H3,(H,33,37)/t29-/m1/s1. The summed E-state index contributed by atoms with van der Waals surface area (Å²) in [5.41, 5.74) is 3.32. The monoisotopic (exact) mass is 583 g/mol. The van der Waals surface area contributed by atoms with Gasteiger partial charge in [-0.2, -0.15) is 0 Å². The Balaban J connectivity index is 1.86. The molecule has 3 aromatic rings. The highest BCUT2D eigenvalue weighted by atomic mass is 35.5. The minimum atomic E-state index is -3.56. The Kier molecular flexibility index (Phi) is 11.6. The average Bonchev–Trinajstić information content (AvgIpc) is 2.94. The second-order valence-corrected chi connectivity index (χ2v) is 12.0. The third-order valence-electron chi connectivity index (χ3n) is 6.71. The molecule has 9 heteroatoms. The highest BCUT2D eigenvalue weighted by Gasteiger charge is 2.30. The van der Waals surface area contributed by atoms with Crippen molar-refractivity contribution in [3.63, 3.8) is 0 Å². The van der Waals surface area contributed by atoms with Crippen molar-refractivity contribution in [1.82, 2.24) is 10.2 Å². The number of sulfonamides is 1. The molecule has 1 atom stereocenters. The van der Waals surface area contributed by atoms with Gasteiger partial charge in [0.1, 0.15) is 6.04 Å². The van der Waals surface area contributed by atoms with Crippen LogP contribution in [-0.4, -0.2) is 50.5 Å². The van der Waals surface area contributed by atoms with Crippen molar-refractivity contribution in [3.05, 3.63) is 101 Å². The molecule has 0 saturated carbocycles. The van der Waals surface area contributed by atoms with Gasteiger partial charge in [-0.15, -0.1) is 0 Å². The number of hydrogen-bond donors (Lipinski definition) is 1. The van der Waals surface area contributed by atoms with E-state index in [1.54, 1.807) is 23.1 Å². The number of aryl methyl sites for hydroxylation is 1. The summed E-state index contributed by atoms with van der Waals surface area (Å²) in [5.74, 6) is -0.498. The predicted octanol–water partition coefficient (Wildman–Crippen LogP) is 5.22. The molecule has 0 aromatic heterocycles. The van der Waals surface area contributed by atoms with Crippen LogP contribution >= 0.6 is 11.6 Å². The third-order valence-corrected chi connectivity index (χ3v) is 8.27. The van der Waals surface area contributed by atoms with Gasteiger partial charge >= 0.3 is 0 Å². The van der Waals surface area contributed by atoms with Gasteiger partial charge in [0.25, 0.3) is 0 Å². The van der Waals surface area contributed by atoms with Gasteiger partial charge in [-0.1, -0.05) is 79.2 Å². The molecule has 0 spiro atoms. The van der Waals surface area contributed by atoms with Crippen LogP contribution in [0.2, 0.25) is 5.02 Å². The summed E-state index contributed by atoms with van der Waals surface area (Å²) < 4.78 is 26.5. The molecule has 3 rings (SSSR count). The van der Waals surface area contributed by atoms with Crippen LogP contribution < -0.4 is 9.62 Å². The molecule has 0 aliphatic rings. The number of carbonyl (C=O) groups is 2. The summed E-state index contributed by atoms with van der Waals surface area (Å²) in [7, 11) is -3.56. The van der Waals surface area contributed by atoms with E-state index < -0.39 is 16.1 Å². The number of nitrogens with one attached hydrogen (secondary N) is 1. The molecule has 0 fully saturated rings. The number of nitrogens with zero attached hydrogens (tertiary/aromatic N) is 2. The summed E-state index contributed by atoms with van der Waals surface area (Å²) in [4.78, 5) is 28.6. The fraction of sp³-hybridized carbons (Fsp3) is 0.355. The molecule has 40 heavy (non-hydrogen) atoms. The van der Waals surface area contributed by atoms with Gasteiger partial charge in [0.2, 0.25) is 21.8 Å². The van der Waals surface area contributed by atoms with Gasteiger partial charge < -0.3 is 10.2 Å². The van der Waals surface area contributed by atoms with Crippen LogP contribution in [0, 0.1) is 0 Å². The zero-order valence-corrected chi connectivity index (χ0v) is 24.9. The van der Waals surface area contributed by atoms with E-state index >= 15 is 0 Å². The molecule has 1 N–H and O–H groups in total. The molecule has 0 bridgehead atoms. The lowest BCUT2D eigenvalue weighted by Crippen LogP contribution is -2.50. The highest BCUT2D eigenvalue weighted by molar-refractivity contribution is 7.92. The van der Waals surface area contributed by atoms with Crippen molar-refractivity contribution in [1.29, 1.82) is 0 Å². The Hall–Kier alpha value is -3.36. The molecule has 2 amide bonds. The van der Waals surface area contributed by atoms with E-state index in [1.165, 1.54) is 4.31 Å². The first-order chi connectivity index (χ1) is 19.1. The average molecular weight is 584 g/mol. The quantitative estimate of drug-likeness (QED) is 0.282. The fourth-order valence-corrected chi connectivity index (χ4v) is 5.72. The Labute approximate surface area is 243 Å². The van der Waals surface area contributed by atoms with E-state index in [0.29, 0.717) is 23.7 Å². The van der Waals surface area contributed by atoms with Crippen molar-refractivity contribution in [3.8, 4) is 0 Å². The second-order valence-electron chi connectivity index (χ2n) is 9.67. The maximum absolute atomic E-state index is 13.8. The van der Waals surface area contributed by atoms with Crippen LogP contribution in [0.15, 0.2) is 78.9 Å². The smallest absolute Gasteiger partial charge is 0.243 e. The normalized spacial score (nSPS) is 12.0. The zero-order chi connectivity index (χ0) is 29.1. The number of hydrogen-bond acceptors (Lipinski definition) is 4. The molecule has 0 aliphatic heterocycles. The van der Waals surface area contributed by atoms with E-state index in [9.17, 15) is 18.0 Å². The summed E-state index contributed by atoms with van der Waals surface area (Å²) in [6.07, 6.45) is 2.70. The number of carbonyl (C=O) groups excluding carboxylic acids is 2. The summed E-state index contributed by atoms with van der Waals surface area (Å²) in [6, 6.07) is 23.4. The van der Waals surface area contributed by atoms with Gasteiger partial charge in [0.05, 0.1) is 11.9 Å². The van der Waals surface area contributed by atoms with Crippen LogP contribution in [0.4, 0.5) is 5.69 Å². The lowest BCUT2D eigenvalue weighted by atomic mass is 10.0. The molecule has 0 unspecified atom stereocenters. The highest BCUT2D eigenvalue weighted by Crippen LogP contribution is 2.23. The van der Waals surface area contributed by atoms with Crippen LogP contribution in [0.25, 0.3) is 0 Å². The number of likely N-dealkylation sites (N-methyl/N-ethyl adjacent to an activating group) is 1.